The van der Waals surface area contributed by atoms with Crippen molar-refractivity contribution in [2.24, 2.45) is 0 Å². The van der Waals surface area contributed by atoms with Gasteiger partial charge in [-0.25, -0.2) is 13.1 Å². The lowest BCUT2D eigenvalue weighted by Gasteiger charge is -2.15. The third kappa shape index (κ3) is 4.27. The fourth-order valence-electron chi connectivity index (χ4n) is 2.34. The molecular formula is C17H20ClNO4S. The Morgan fingerprint density at radius 3 is 2.38 bits per heavy atom. The molecule has 0 amide bonds. The summed E-state index contributed by atoms with van der Waals surface area (Å²) in [4.78, 5) is 0.170. The van der Waals surface area contributed by atoms with Crippen molar-refractivity contribution in [3.63, 3.8) is 0 Å². The third-order valence-electron chi connectivity index (χ3n) is 3.70. The van der Waals surface area contributed by atoms with E-state index in [0.717, 1.165) is 5.56 Å². The van der Waals surface area contributed by atoms with Crippen LogP contribution in [0.1, 0.15) is 22.8 Å². The van der Waals surface area contributed by atoms with Crippen LogP contribution in [0.3, 0.4) is 0 Å². The number of hydrogen-bond donors (Lipinski definition) is 2. The van der Waals surface area contributed by atoms with Gasteiger partial charge in [0, 0.05) is 11.6 Å². The van der Waals surface area contributed by atoms with Gasteiger partial charge in [-0.3, -0.25) is 0 Å². The standard InChI is InChI=1S/C17H20ClNO4S/c1-11-9-17(12(2)8-16(11)23-3)24(21,22)19-10-15(20)13-4-6-14(18)7-5-13/h4-9,15,19-20H,10H2,1-3H3. The minimum Gasteiger partial charge on any atom is -0.496 e. The maximum absolute atomic E-state index is 12.5. The molecule has 1 unspecified atom stereocenters. The largest absolute Gasteiger partial charge is 0.496 e. The van der Waals surface area contributed by atoms with Gasteiger partial charge in [0.1, 0.15) is 5.75 Å². The summed E-state index contributed by atoms with van der Waals surface area (Å²) >= 11 is 5.80. The fourth-order valence-corrected chi connectivity index (χ4v) is 3.82. The van der Waals surface area contributed by atoms with Gasteiger partial charge in [0.25, 0.3) is 0 Å². The summed E-state index contributed by atoms with van der Waals surface area (Å²) in [5.74, 6) is 0.632. The highest BCUT2D eigenvalue weighted by Crippen LogP contribution is 2.25. The van der Waals surface area contributed by atoms with Gasteiger partial charge in [0.15, 0.2) is 0 Å². The Hall–Kier alpha value is -1.60. The number of aliphatic hydroxyl groups excluding tert-OH is 1. The Morgan fingerprint density at radius 1 is 1.17 bits per heavy atom. The molecule has 0 bridgehead atoms. The smallest absolute Gasteiger partial charge is 0.240 e. The van der Waals surface area contributed by atoms with E-state index in [4.69, 9.17) is 16.3 Å². The van der Waals surface area contributed by atoms with Gasteiger partial charge < -0.3 is 9.84 Å². The number of nitrogens with one attached hydrogen (secondary N) is 1. The normalized spacial score (nSPS) is 12.9. The molecule has 5 nitrogen and oxygen atoms in total. The first-order valence-corrected chi connectivity index (χ1v) is 9.19. The van der Waals surface area contributed by atoms with Crippen LogP contribution in [-0.4, -0.2) is 27.2 Å². The van der Waals surface area contributed by atoms with E-state index in [1.54, 1.807) is 50.2 Å². The predicted octanol–water partition coefficient (Wildman–Crippen LogP) is 2.98. The zero-order valence-electron chi connectivity index (χ0n) is 13.7. The first-order valence-electron chi connectivity index (χ1n) is 7.33. The van der Waals surface area contributed by atoms with Crippen molar-refractivity contribution in [2.45, 2.75) is 24.8 Å². The molecule has 7 heteroatoms. The fraction of sp³-hybridized carbons (Fsp3) is 0.294. The number of methoxy groups -OCH3 is 1. The van der Waals surface area contributed by atoms with Crippen molar-refractivity contribution < 1.29 is 18.3 Å². The predicted molar refractivity (Wildman–Crippen MR) is 94.1 cm³/mol. The van der Waals surface area contributed by atoms with E-state index < -0.39 is 16.1 Å². The first kappa shape index (κ1) is 18.7. The molecule has 130 valence electrons. The topological polar surface area (TPSA) is 75.6 Å². The van der Waals surface area contributed by atoms with E-state index in [2.05, 4.69) is 4.72 Å². The highest BCUT2D eigenvalue weighted by molar-refractivity contribution is 7.89. The van der Waals surface area contributed by atoms with Gasteiger partial charge >= 0.3 is 0 Å². The van der Waals surface area contributed by atoms with Gasteiger partial charge in [0.05, 0.1) is 18.1 Å². The van der Waals surface area contributed by atoms with Crippen LogP contribution in [0.2, 0.25) is 5.02 Å². The molecule has 0 saturated carbocycles. The van der Waals surface area contributed by atoms with Crippen molar-refractivity contribution >= 4 is 21.6 Å². The highest BCUT2D eigenvalue weighted by atomic mass is 35.5. The number of aliphatic hydroxyl groups is 1. The molecular weight excluding hydrogens is 350 g/mol. The third-order valence-corrected chi connectivity index (χ3v) is 5.52. The number of halogens is 1. The Labute approximate surface area is 147 Å². The number of ether oxygens (including phenoxy) is 1. The van der Waals surface area contributed by atoms with Crippen LogP contribution in [0.15, 0.2) is 41.3 Å². The molecule has 0 aliphatic heterocycles. The van der Waals surface area contributed by atoms with Gasteiger partial charge in [-0.15, -0.1) is 0 Å². The van der Waals surface area contributed by atoms with Crippen molar-refractivity contribution in [3.05, 3.63) is 58.1 Å². The maximum atomic E-state index is 12.5. The molecule has 2 aromatic rings. The second-order valence-corrected chi connectivity index (χ2v) is 7.68. The van der Waals surface area contributed by atoms with Gasteiger partial charge in [-0.05, 0) is 54.8 Å². The Balaban J connectivity index is 2.17. The summed E-state index contributed by atoms with van der Waals surface area (Å²) in [6.07, 6.45) is -0.961. The highest BCUT2D eigenvalue weighted by Gasteiger charge is 2.20. The molecule has 0 aromatic heterocycles. The molecule has 0 radical (unpaired) electrons. The lowest BCUT2D eigenvalue weighted by molar-refractivity contribution is 0.182. The van der Waals surface area contributed by atoms with Crippen LogP contribution in [0.25, 0.3) is 0 Å². The van der Waals surface area contributed by atoms with Crippen molar-refractivity contribution in [1.29, 1.82) is 0 Å². The Kier molecular flexibility index (Phi) is 5.87. The number of hydrogen-bond acceptors (Lipinski definition) is 4. The summed E-state index contributed by atoms with van der Waals surface area (Å²) in [7, 11) is -2.20. The maximum Gasteiger partial charge on any atom is 0.240 e. The number of benzene rings is 2. The van der Waals surface area contributed by atoms with Crippen LogP contribution in [0.5, 0.6) is 5.75 Å². The lowest BCUT2D eigenvalue weighted by Crippen LogP contribution is -2.29. The van der Waals surface area contributed by atoms with Crippen molar-refractivity contribution in [1.82, 2.24) is 4.72 Å². The Morgan fingerprint density at radius 2 is 1.79 bits per heavy atom. The average Bonchev–Trinajstić information content (AvgIpc) is 2.55. The van der Waals surface area contributed by atoms with Crippen LogP contribution < -0.4 is 9.46 Å². The molecule has 0 fully saturated rings. The molecule has 0 aliphatic rings. The SMILES string of the molecule is COc1cc(C)c(S(=O)(=O)NCC(O)c2ccc(Cl)cc2)cc1C. The van der Waals surface area contributed by atoms with E-state index in [0.29, 0.717) is 21.9 Å². The zero-order chi connectivity index (χ0) is 17.9. The quantitative estimate of drug-likeness (QED) is 0.820. The molecule has 2 rings (SSSR count). The summed E-state index contributed by atoms with van der Waals surface area (Å²) in [6, 6.07) is 9.84. The second kappa shape index (κ2) is 7.53. The summed E-state index contributed by atoms with van der Waals surface area (Å²) in [5.41, 5.74) is 1.89. The summed E-state index contributed by atoms with van der Waals surface area (Å²) in [6.45, 7) is 3.35. The Bertz CT molecular complexity index is 819. The van der Waals surface area contributed by atoms with Gasteiger partial charge in [0.2, 0.25) is 10.0 Å². The van der Waals surface area contributed by atoms with Crippen LogP contribution in [-0.2, 0) is 10.0 Å². The van der Waals surface area contributed by atoms with Crippen molar-refractivity contribution in [2.75, 3.05) is 13.7 Å². The summed E-state index contributed by atoms with van der Waals surface area (Å²) in [5, 5.41) is 10.7. The summed E-state index contributed by atoms with van der Waals surface area (Å²) < 4.78 is 32.7. The zero-order valence-corrected chi connectivity index (χ0v) is 15.3. The monoisotopic (exact) mass is 369 g/mol. The molecule has 0 spiro atoms. The van der Waals surface area contributed by atoms with Gasteiger partial charge in [-0.1, -0.05) is 23.7 Å². The molecule has 2 N–H and O–H groups in total. The average molecular weight is 370 g/mol. The van der Waals surface area contributed by atoms with Crippen LogP contribution in [0, 0.1) is 13.8 Å². The van der Waals surface area contributed by atoms with E-state index in [-0.39, 0.29) is 11.4 Å². The molecule has 0 saturated heterocycles. The number of rotatable bonds is 6. The minimum atomic E-state index is -3.74. The molecule has 1 atom stereocenters. The molecule has 2 aromatic carbocycles. The van der Waals surface area contributed by atoms with E-state index in [9.17, 15) is 13.5 Å². The number of aryl methyl sites for hydroxylation is 2. The van der Waals surface area contributed by atoms with E-state index >= 15 is 0 Å². The lowest BCUT2D eigenvalue weighted by atomic mass is 10.1. The van der Waals surface area contributed by atoms with Crippen molar-refractivity contribution in [3.8, 4) is 5.75 Å². The number of sulfonamides is 1. The van der Waals surface area contributed by atoms with Crippen LogP contribution in [0.4, 0.5) is 0 Å². The van der Waals surface area contributed by atoms with E-state index in [1.807, 2.05) is 0 Å². The van der Waals surface area contributed by atoms with Gasteiger partial charge in [-0.2, -0.15) is 0 Å². The molecule has 0 aliphatic carbocycles. The second-order valence-electron chi connectivity index (χ2n) is 5.51. The minimum absolute atomic E-state index is 0.130. The van der Waals surface area contributed by atoms with Crippen LogP contribution >= 0.6 is 11.6 Å². The first-order chi connectivity index (χ1) is 11.2. The molecule has 24 heavy (non-hydrogen) atoms. The van der Waals surface area contributed by atoms with E-state index in [1.165, 1.54) is 7.11 Å². The molecule has 0 heterocycles.